The highest BCUT2D eigenvalue weighted by atomic mass is 127. The molecule has 2 heterocycles. The van der Waals surface area contributed by atoms with Crippen molar-refractivity contribution in [1.29, 1.82) is 0 Å². The maximum atomic E-state index is 11.4. The minimum absolute atomic E-state index is 0.0992. The molecule has 6 heteroatoms. The van der Waals surface area contributed by atoms with Gasteiger partial charge in [0.05, 0.1) is 12.4 Å². The Balaban J connectivity index is 1.98. The van der Waals surface area contributed by atoms with E-state index in [4.69, 9.17) is 4.74 Å². The third-order valence-corrected chi connectivity index (χ3v) is 4.08. The predicted molar refractivity (Wildman–Crippen MR) is 74.2 cm³/mol. The van der Waals surface area contributed by atoms with Gasteiger partial charge in [0, 0.05) is 19.1 Å². The molecule has 94 valence electrons. The Labute approximate surface area is 114 Å². The number of anilines is 1. The second kappa shape index (κ2) is 5.81. The molecule has 1 fully saturated rings. The number of aromatic amines is 1. The Morgan fingerprint density at radius 2 is 2.53 bits per heavy atom. The number of nitrogens with one attached hydrogen (secondary N) is 2. The molecule has 0 amide bonds. The second-order valence-corrected chi connectivity index (χ2v) is 5.22. The highest BCUT2D eigenvalue weighted by Gasteiger charge is 2.26. The van der Waals surface area contributed by atoms with Crippen molar-refractivity contribution in [3.8, 4) is 0 Å². The molecule has 1 aromatic rings. The van der Waals surface area contributed by atoms with Crippen LogP contribution in [0.4, 0.5) is 5.82 Å². The van der Waals surface area contributed by atoms with Crippen molar-refractivity contribution in [2.24, 2.45) is 5.92 Å². The standard InChI is InChI=1S/C11H16IN3O2/c1-2-8-7(3-4-17-8)5-13-10-9(12)11(16)15-6-14-10/h6-8H,2-5H2,1H3,(H2,13,14,15,16). The molecule has 0 radical (unpaired) electrons. The molecule has 0 spiro atoms. The zero-order chi connectivity index (χ0) is 12.3. The Morgan fingerprint density at radius 1 is 1.71 bits per heavy atom. The Kier molecular flexibility index (Phi) is 4.38. The fraction of sp³-hybridized carbons (Fsp3) is 0.636. The summed E-state index contributed by atoms with van der Waals surface area (Å²) < 4.78 is 6.24. The van der Waals surface area contributed by atoms with Gasteiger partial charge in [0.15, 0.2) is 0 Å². The van der Waals surface area contributed by atoms with Crippen LogP contribution in [0.5, 0.6) is 0 Å². The molecule has 1 aliphatic rings. The number of rotatable bonds is 4. The van der Waals surface area contributed by atoms with Crippen LogP contribution in [-0.2, 0) is 4.74 Å². The van der Waals surface area contributed by atoms with E-state index in [0.29, 0.717) is 21.4 Å². The number of H-pyrrole nitrogens is 1. The summed E-state index contributed by atoms with van der Waals surface area (Å²) in [7, 11) is 0. The van der Waals surface area contributed by atoms with Crippen molar-refractivity contribution < 1.29 is 4.74 Å². The van der Waals surface area contributed by atoms with Gasteiger partial charge >= 0.3 is 0 Å². The van der Waals surface area contributed by atoms with Gasteiger partial charge in [-0.05, 0) is 35.4 Å². The highest BCUT2D eigenvalue weighted by Crippen LogP contribution is 2.23. The van der Waals surface area contributed by atoms with E-state index in [2.05, 4.69) is 22.2 Å². The lowest BCUT2D eigenvalue weighted by atomic mass is 10.00. The lowest BCUT2D eigenvalue weighted by Gasteiger charge is -2.17. The van der Waals surface area contributed by atoms with Crippen LogP contribution in [0, 0.1) is 9.49 Å². The maximum absolute atomic E-state index is 11.4. The van der Waals surface area contributed by atoms with E-state index in [1.54, 1.807) is 0 Å². The quantitative estimate of drug-likeness (QED) is 0.811. The van der Waals surface area contributed by atoms with Gasteiger partial charge in [-0.3, -0.25) is 4.79 Å². The first-order valence-corrected chi connectivity index (χ1v) is 6.89. The lowest BCUT2D eigenvalue weighted by Crippen LogP contribution is -2.24. The van der Waals surface area contributed by atoms with Gasteiger partial charge in [0.1, 0.15) is 9.39 Å². The van der Waals surface area contributed by atoms with Crippen molar-refractivity contribution in [2.75, 3.05) is 18.5 Å². The van der Waals surface area contributed by atoms with E-state index in [-0.39, 0.29) is 5.56 Å². The predicted octanol–water partition coefficient (Wildman–Crippen LogP) is 1.60. The molecule has 17 heavy (non-hydrogen) atoms. The first-order valence-electron chi connectivity index (χ1n) is 5.81. The normalized spacial score (nSPS) is 23.9. The SMILES string of the molecule is CCC1OCCC1CNc1nc[nH]c(=O)c1I. The van der Waals surface area contributed by atoms with Crippen LogP contribution in [-0.4, -0.2) is 29.2 Å². The molecule has 0 aliphatic carbocycles. The average Bonchev–Trinajstić information content (AvgIpc) is 2.78. The van der Waals surface area contributed by atoms with E-state index >= 15 is 0 Å². The van der Waals surface area contributed by atoms with Crippen molar-refractivity contribution in [3.05, 3.63) is 20.3 Å². The molecule has 2 N–H and O–H groups in total. The van der Waals surface area contributed by atoms with Crippen LogP contribution >= 0.6 is 22.6 Å². The van der Waals surface area contributed by atoms with E-state index < -0.39 is 0 Å². The van der Waals surface area contributed by atoms with Gasteiger partial charge in [-0.1, -0.05) is 6.92 Å². The Morgan fingerprint density at radius 3 is 3.29 bits per heavy atom. The molecule has 0 bridgehead atoms. The van der Waals surface area contributed by atoms with Gasteiger partial charge in [-0.25, -0.2) is 4.98 Å². The molecule has 5 nitrogen and oxygen atoms in total. The zero-order valence-electron chi connectivity index (χ0n) is 9.70. The number of hydrogen-bond acceptors (Lipinski definition) is 4. The largest absolute Gasteiger partial charge is 0.378 e. The monoisotopic (exact) mass is 349 g/mol. The number of aromatic nitrogens is 2. The van der Waals surface area contributed by atoms with Crippen LogP contribution in [0.3, 0.4) is 0 Å². The van der Waals surface area contributed by atoms with Crippen LogP contribution in [0.1, 0.15) is 19.8 Å². The summed E-state index contributed by atoms with van der Waals surface area (Å²) in [6.45, 7) is 3.79. The summed E-state index contributed by atoms with van der Waals surface area (Å²) in [6.07, 6.45) is 3.87. The second-order valence-electron chi connectivity index (χ2n) is 4.14. The van der Waals surface area contributed by atoms with E-state index in [0.717, 1.165) is 26.0 Å². The molecule has 0 aromatic carbocycles. The highest BCUT2D eigenvalue weighted by molar-refractivity contribution is 14.1. The van der Waals surface area contributed by atoms with Gasteiger partial charge < -0.3 is 15.0 Å². The molecular weight excluding hydrogens is 333 g/mol. The van der Waals surface area contributed by atoms with Gasteiger partial charge in [-0.2, -0.15) is 0 Å². The first-order chi connectivity index (χ1) is 8.22. The third-order valence-electron chi connectivity index (χ3n) is 3.08. The smallest absolute Gasteiger partial charge is 0.266 e. The van der Waals surface area contributed by atoms with Crippen molar-refractivity contribution in [1.82, 2.24) is 9.97 Å². The maximum Gasteiger partial charge on any atom is 0.266 e. The fourth-order valence-corrected chi connectivity index (χ4v) is 2.60. The first kappa shape index (κ1) is 12.8. The summed E-state index contributed by atoms with van der Waals surface area (Å²) in [6, 6.07) is 0. The number of hydrogen-bond donors (Lipinski definition) is 2. The molecule has 1 aliphatic heterocycles. The number of ether oxygens (including phenoxy) is 1. The minimum Gasteiger partial charge on any atom is -0.378 e. The summed E-state index contributed by atoms with van der Waals surface area (Å²) in [5.74, 6) is 1.17. The molecule has 1 saturated heterocycles. The van der Waals surface area contributed by atoms with E-state index in [1.165, 1.54) is 6.33 Å². The summed E-state index contributed by atoms with van der Waals surface area (Å²) in [5, 5.41) is 3.24. The summed E-state index contributed by atoms with van der Waals surface area (Å²) in [5.41, 5.74) is -0.0992. The topological polar surface area (TPSA) is 67.0 Å². The number of nitrogens with zero attached hydrogens (tertiary/aromatic N) is 1. The summed E-state index contributed by atoms with van der Waals surface area (Å²) >= 11 is 2.01. The molecule has 2 unspecified atom stereocenters. The van der Waals surface area contributed by atoms with E-state index in [9.17, 15) is 4.79 Å². The van der Waals surface area contributed by atoms with Gasteiger partial charge in [-0.15, -0.1) is 0 Å². The zero-order valence-corrected chi connectivity index (χ0v) is 11.9. The average molecular weight is 349 g/mol. The van der Waals surface area contributed by atoms with Crippen LogP contribution in [0.2, 0.25) is 0 Å². The lowest BCUT2D eigenvalue weighted by molar-refractivity contribution is 0.0900. The fourth-order valence-electron chi connectivity index (χ4n) is 2.11. The van der Waals surface area contributed by atoms with Gasteiger partial charge in [0.25, 0.3) is 5.56 Å². The van der Waals surface area contributed by atoms with Crippen molar-refractivity contribution in [2.45, 2.75) is 25.9 Å². The van der Waals surface area contributed by atoms with Gasteiger partial charge in [0.2, 0.25) is 0 Å². The summed E-state index contributed by atoms with van der Waals surface area (Å²) in [4.78, 5) is 18.1. The molecule has 1 aromatic heterocycles. The Hall–Kier alpha value is -0.630. The molecular formula is C11H16IN3O2. The van der Waals surface area contributed by atoms with Crippen molar-refractivity contribution in [3.63, 3.8) is 0 Å². The number of halogens is 1. The van der Waals surface area contributed by atoms with Crippen LogP contribution in [0.25, 0.3) is 0 Å². The minimum atomic E-state index is -0.0992. The van der Waals surface area contributed by atoms with E-state index in [1.807, 2.05) is 22.6 Å². The van der Waals surface area contributed by atoms with Crippen LogP contribution in [0.15, 0.2) is 11.1 Å². The Bertz CT molecular complexity index is 435. The van der Waals surface area contributed by atoms with Crippen LogP contribution < -0.4 is 10.9 Å². The molecule has 0 saturated carbocycles. The third kappa shape index (κ3) is 2.98. The van der Waals surface area contributed by atoms with Crippen molar-refractivity contribution >= 4 is 28.4 Å². The molecule has 2 atom stereocenters. The molecule has 2 rings (SSSR count).